The number of allylic oxidation sites excluding steroid dienone is 3. The number of alkyl halides is 3. The molecule has 0 aromatic heterocycles. The van der Waals surface area contributed by atoms with Crippen molar-refractivity contribution in [3.05, 3.63) is 133 Å². The molecule has 5 nitrogen and oxygen atoms in total. The van der Waals surface area contributed by atoms with Crippen molar-refractivity contribution in [3.8, 4) is 11.1 Å². The van der Waals surface area contributed by atoms with E-state index in [1.54, 1.807) is 12.1 Å². The third kappa shape index (κ3) is 11.0. The van der Waals surface area contributed by atoms with Gasteiger partial charge in [-0.2, -0.15) is 13.2 Å². The van der Waals surface area contributed by atoms with Crippen LogP contribution in [0.1, 0.15) is 47.7 Å². The number of benzene rings is 3. The second kappa shape index (κ2) is 17.0. The van der Waals surface area contributed by atoms with Crippen molar-refractivity contribution < 1.29 is 22.8 Å². The van der Waals surface area contributed by atoms with Crippen molar-refractivity contribution in [1.29, 1.82) is 0 Å². The number of carbonyl (C=O) groups excluding carboxylic acids is 2. The number of nitrogens with one attached hydrogen (secondary N) is 3. The zero-order chi connectivity index (χ0) is 32.0. The Morgan fingerprint density at radius 1 is 0.932 bits per heavy atom. The van der Waals surface area contributed by atoms with Crippen LogP contribution in [0.25, 0.3) is 11.1 Å². The molecule has 0 aliphatic heterocycles. The van der Waals surface area contributed by atoms with Crippen LogP contribution in [0.4, 0.5) is 13.2 Å². The molecule has 3 aromatic carbocycles. The predicted octanol–water partition coefficient (Wildman–Crippen LogP) is 7.48. The van der Waals surface area contributed by atoms with E-state index in [0.717, 1.165) is 29.8 Å². The van der Waals surface area contributed by atoms with Gasteiger partial charge in [-0.15, -0.1) is 0 Å². The Hall–Kier alpha value is -4.43. The van der Waals surface area contributed by atoms with Crippen LogP contribution in [0.2, 0.25) is 0 Å². The molecule has 44 heavy (non-hydrogen) atoms. The van der Waals surface area contributed by atoms with E-state index in [4.69, 9.17) is 0 Å². The number of halogens is 3. The standard InChI is InChI=1S/C23H19F3N2O2.C13H21N/c24-23(25,26)20-8-4-5-16(13-20)14-27-21(29)15-28-22(30)19-11-9-18(10-12-19)17-6-2-1-3-7-17;1-4-7-9-14-13-10-12(13)11(6-3)8-5-2/h1-13H,14-15H2,(H,27,29)(H,28,30);5-6,8,12-14H,2-4,7,9-10H2,1H3/b;11-8+. The van der Waals surface area contributed by atoms with Crippen molar-refractivity contribution in [3.63, 3.8) is 0 Å². The molecule has 0 saturated heterocycles. The molecule has 1 saturated carbocycles. The van der Waals surface area contributed by atoms with Crippen LogP contribution in [-0.4, -0.2) is 30.9 Å². The van der Waals surface area contributed by atoms with Gasteiger partial charge >= 0.3 is 6.18 Å². The summed E-state index contributed by atoms with van der Waals surface area (Å²) in [5.41, 5.74) is 3.27. The van der Waals surface area contributed by atoms with Gasteiger partial charge in [-0.25, -0.2) is 0 Å². The van der Waals surface area contributed by atoms with Crippen molar-refractivity contribution in [1.82, 2.24) is 16.0 Å². The Morgan fingerprint density at radius 3 is 2.27 bits per heavy atom. The summed E-state index contributed by atoms with van der Waals surface area (Å²) in [4.78, 5) is 24.1. The van der Waals surface area contributed by atoms with Crippen LogP contribution in [-0.2, 0) is 17.5 Å². The van der Waals surface area contributed by atoms with Crippen molar-refractivity contribution in [2.75, 3.05) is 13.1 Å². The highest BCUT2D eigenvalue weighted by Gasteiger charge is 2.37. The molecule has 1 aliphatic carbocycles. The maximum atomic E-state index is 12.7. The largest absolute Gasteiger partial charge is 0.416 e. The summed E-state index contributed by atoms with van der Waals surface area (Å²) in [7, 11) is 0. The number of hydrogen-bond donors (Lipinski definition) is 3. The van der Waals surface area contributed by atoms with Gasteiger partial charge in [-0.1, -0.05) is 99.3 Å². The zero-order valence-corrected chi connectivity index (χ0v) is 25.0. The van der Waals surface area contributed by atoms with Gasteiger partial charge in [-0.3, -0.25) is 9.59 Å². The van der Waals surface area contributed by atoms with Crippen molar-refractivity contribution >= 4 is 11.8 Å². The predicted molar refractivity (Wildman–Crippen MR) is 171 cm³/mol. The minimum Gasteiger partial charge on any atom is -0.350 e. The fourth-order valence-corrected chi connectivity index (χ4v) is 4.56. The fourth-order valence-electron chi connectivity index (χ4n) is 4.56. The lowest BCUT2D eigenvalue weighted by Gasteiger charge is -2.10. The molecule has 4 rings (SSSR count). The molecule has 2 amide bonds. The number of carbonyl (C=O) groups is 2. The second-order valence-electron chi connectivity index (χ2n) is 10.5. The first-order chi connectivity index (χ1) is 21.2. The van der Waals surface area contributed by atoms with Gasteiger partial charge < -0.3 is 16.0 Å². The highest BCUT2D eigenvalue weighted by molar-refractivity contribution is 5.96. The Balaban J connectivity index is 0.000000317. The highest BCUT2D eigenvalue weighted by atomic mass is 19.4. The van der Waals surface area contributed by atoms with Crippen LogP contribution < -0.4 is 16.0 Å². The Labute approximate surface area is 258 Å². The second-order valence-corrected chi connectivity index (χ2v) is 10.5. The molecular formula is C36H40F3N3O2. The van der Waals surface area contributed by atoms with Gasteiger partial charge in [-0.05, 0) is 65.9 Å². The smallest absolute Gasteiger partial charge is 0.350 e. The van der Waals surface area contributed by atoms with E-state index in [2.05, 4.69) is 42.1 Å². The van der Waals surface area contributed by atoms with E-state index in [1.165, 1.54) is 37.0 Å². The summed E-state index contributed by atoms with van der Waals surface area (Å²) >= 11 is 0. The summed E-state index contributed by atoms with van der Waals surface area (Å²) in [6.45, 7) is 10.6. The molecular weight excluding hydrogens is 563 g/mol. The fraction of sp³-hybridized carbons (Fsp3) is 0.278. The first-order valence-electron chi connectivity index (χ1n) is 14.7. The minimum atomic E-state index is -4.44. The Kier molecular flexibility index (Phi) is 13.2. The third-order valence-corrected chi connectivity index (χ3v) is 7.11. The van der Waals surface area contributed by atoms with E-state index in [1.807, 2.05) is 54.6 Å². The van der Waals surface area contributed by atoms with E-state index in [0.29, 0.717) is 23.1 Å². The lowest BCUT2D eigenvalue weighted by atomic mass is 10.0. The van der Waals surface area contributed by atoms with Gasteiger partial charge in [0, 0.05) is 24.1 Å². The van der Waals surface area contributed by atoms with Gasteiger partial charge in [0.25, 0.3) is 5.91 Å². The zero-order valence-electron chi connectivity index (χ0n) is 25.0. The SMILES string of the molecule is C=C/C=C(\C=C)C1CC1NCCCC.O=C(CNC(=O)c1ccc(-c2ccccc2)cc1)NCc1cccc(C(F)(F)F)c1. The first kappa shape index (κ1) is 34.1. The molecule has 232 valence electrons. The lowest BCUT2D eigenvalue weighted by molar-refractivity contribution is -0.137. The van der Waals surface area contributed by atoms with E-state index in [-0.39, 0.29) is 13.1 Å². The molecule has 0 radical (unpaired) electrons. The molecule has 2 atom stereocenters. The van der Waals surface area contributed by atoms with Gasteiger partial charge in [0.1, 0.15) is 0 Å². The maximum Gasteiger partial charge on any atom is 0.416 e. The lowest BCUT2D eigenvalue weighted by Crippen LogP contribution is -2.36. The Bertz CT molecular complexity index is 1420. The molecule has 2 unspecified atom stereocenters. The normalized spacial score (nSPS) is 15.8. The van der Waals surface area contributed by atoms with Gasteiger partial charge in [0.2, 0.25) is 5.91 Å². The summed E-state index contributed by atoms with van der Waals surface area (Å²) in [6.07, 6.45) is 5.23. The monoisotopic (exact) mass is 603 g/mol. The number of amides is 2. The van der Waals surface area contributed by atoms with Crippen LogP contribution in [0.15, 0.2) is 116 Å². The maximum absolute atomic E-state index is 12.7. The first-order valence-corrected chi connectivity index (χ1v) is 14.7. The summed E-state index contributed by atoms with van der Waals surface area (Å²) in [5, 5.41) is 8.55. The van der Waals surface area contributed by atoms with Crippen LogP contribution in [0.5, 0.6) is 0 Å². The molecule has 3 aromatic rings. The average Bonchev–Trinajstić information content (AvgIpc) is 3.81. The minimum absolute atomic E-state index is 0.0651. The van der Waals surface area contributed by atoms with Crippen LogP contribution in [0.3, 0.4) is 0 Å². The summed E-state index contributed by atoms with van der Waals surface area (Å²) in [5.74, 6) is -0.229. The van der Waals surface area contributed by atoms with Crippen LogP contribution in [0, 0.1) is 5.92 Å². The number of rotatable bonds is 13. The highest BCUT2D eigenvalue weighted by Crippen LogP contribution is 2.37. The van der Waals surface area contributed by atoms with Gasteiger partial charge in [0.05, 0.1) is 12.1 Å². The molecule has 0 heterocycles. The quantitative estimate of drug-likeness (QED) is 0.140. The summed E-state index contributed by atoms with van der Waals surface area (Å²) < 4.78 is 38.2. The third-order valence-electron chi connectivity index (χ3n) is 7.11. The van der Waals surface area contributed by atoms with E-state index < -0.39 is 23.6 Å². The molecule has 8 heteroatoms. The number of unbranched alkanes of at least 4 members (excludes halogenated alkanes) is 1. The molecule has 1 aliphatic rings. The molecule has 1 fully saturated rings. The molecule has 0 bridgehead atoms. The Morgan fingerprint density at radius 2 is 1.64 bits per heavy atom. The summed E-state index contributed by atoms with van der Waals surface area (Å²) in [6, 6.07) is 22.1. The topological polar surface area (TPSA) is 70.2 Å². The van der Waals surface area contributed by atoms with Gasteiger partial charge in [0.15, 0.2) is 0 Å². The van der Waals surface area contributed by atoms with E-state index >= 15 is 0 Å². The van der Waals surface area contributed by atoms with Crippen LogP contribution >= 0.6 is 0 Å². The van der Waals surface area contributed by atoms with Crippen molar-refractivity contribution in [2.24, 2.45) is 5.92 Å². The molecule has 0 spiro atoms. The van der Waals surface area contributed by atoms with E-state index in [9.17, 15) is 22.8 Å². The number of hydrogen-bond acceptors (Lipinski definition) is 3. The van der Waals surface area contributed by atoms with Crippen molar-refractivity contribution in [2.45, 2.75) is 44.9 Å². The molecule has 3 N–H and O–H groups in total. The average molecular weight is 604 g/mol.